The monoisotopic (exact) mass is 375 g/mol. The Morgan fingerprint density at radius 3 is 2.70 bits per heavy atom. The first-order chi connectivity index (χ1) is 11.0. The average molecular weight is 376 g/mol. The van der Waals surface area contributed by atoms with Gasteiger partial charge in [0.05, 0.1) is 11.1 Å². The molecule has 2 N–H and O–H groups in total. The Bertz CT molecular complexity index is 731. The van der Waals surface area contributed by atoms with E-state index in [1.165, 1.54) is 0 Å². The maximum Gasteiger partial charge on any atom is 0.254 e. The summed E-state index contributed by atoms with van der Waals surface area (Å²) in [6.07, 6.45) is 1.97. The molecule has 2 aromatic rings. The molecular weight excluding hydrogens is 354 g/mol. The highest BCUT2D eigenvalue weighted by molar-refractivity contribution is 9.10. The highest BCUT2D eigenvalue weighted by Gasteiger charge is 2.26. The molecule has 1 fully saturated rings. The number of aromatic nitrogens is 1. The first kappa shape index (κ1) is 16.4. The highest BCUT2D eigenvalue weighted by atomic mass is 79.9. The highest BCUT2D eigenvalue weighted by Crippen LogP contribution is 2.26. The molecule has 1 aromatic carbocycles. The Morgan fingerprint density at radius 1 is 1.35 bits per heavy atom. The fourth-order valence-electron chi connectivity index (χ4n) is 3.31. The van der Waals surface area contributed by atoms with Crippen molar-refractivity contribution in [3.8, 4) is 0 Å². The van der Waals surface area contributed by atoms with Crippen molar-refractivity contribution >= 4 is 32.7 Å². The average Bonchev–Trinajstić information content (AvgIpc) is 2.53. The van der Waals surface area contributed by atoms with E-state index in [1.54, 1.807) is 0 Å². The molecule has 1 atom stereocenters. The molecule has 1 unspecified atom stereocenters. The number of benzene rings is 1. The van der Waals surface area contributed by atoms with Crippen LogP contribution in [-0.2, 0) is 0 Å². The zero-order valence-corrected chi connectivity index (χ0v) is 15.1. The van der Waals surface area contributed by atoms with Crippen LogP contribution in [-0.4, -0.2) is 34.9 Å². The van der Waals surface area contributed by atoms with Crippen molar-refractivity contribution in [1.82, 2.24) is 9.88 Å². The van der Waals surface area contributed by atoms with E-state index in [9.17, 15) is 4.79 Å². The fourth-order valence-corrected chi connectivity index (χ4v) is 3.66. The van der Waals surface area contributed by atoms with Crippen LogP contribution >= 0.6 is 15.9 Å². The molecule has 1 aliphatic rings. The number of nitrogens with two attached hydrogens (primary N) is 1. The molecule has 1 aromatic heterocycles. The number of carbonyl (C=O) groups is 1. The summed E-state index contributed by atoms with van der Waals surface area (Å²) in [5, 5.41) is 0.915. The minimum Gasteiger partial charge on any atom is -0.339 e. The number of likely N-dealkylation sites (tertiary alicyclic amines) is 1. The van der Waals surface area contributed by atoms with Gasteiger partial charge in [0.15, 0.2) is 0 Å². The second kappa shape index (κ2) is 6.57. The molecule has 23 heavy (non-hydrogen) atoms. The van der Waals surface area contributed by atoms with Crippen LogP contribution in [0.15, 0.2) is 28.7 Å². The maximum atomic E-state index is 13.0. The van der Waals surface area contributed by atoms with Crippen molar-refractivity contribution in [3.05, 3.63) is 40.0 Å². The summed E-state index contributed by atoms with van der Waals surface area (Å²) < 4.78 is 0.972. The Hall–Kier alpha value is -1.46. The van der Waals surface area contributed by atoms with Gasteiger partial charge in [0.2, 0.25) is 0 Å². The van der Waals surface area contributed by atoms with Crippen LogP contribution in [0.4, 0.5) is 0 Å². The van der Waals surface area contributed by atoms with Crippen LogP contribution in [0.5, 0.6) is 0 Å². The quantitative estimate of drug-likeness (QED) is 0.873. The summed E-state index contributed by atoms with van der Waals surface area (Å²) in [6, 6.07) is 7.98. The first-order valence-electron chi connectivity index (χ1n) is 8.07. The van der Waals surface area contributed by atoms with Crippen molar-refractivity contribution in [3.63, 3.8) is 0 Å². The van der Waals surface area contributed by atoms with Gasteiger partial charge in [-0.15, -0.1) is 0 Å². The first-order valence-corrected chi connectivity index (χ1v) is 8.87. The van der Waals surface area contributed by atoms with E-state index in [2.05, 4.69) is 27.8 Å². The van der Waals surface area contributed by atoms with Crippen LogP contribution in [0.25, 0.3) is 10.9 Å². The summed E-state index contributed by atoms with van der Waals surface area (Å²) in [5.74, 6) is 0.622. The van der Waals surface area contributed by atoms with Crippen molar-refractivity contribution < 1.29 is 4.79 Å². The van der Waals surface area contributed by atoms with Gasteiger partial charge >= 0.3 is 0 Å². The summed E-state index contributed by atoms with van der Waals surface area (Å²) in [5.41, 5.74) is 8.46. The molecule has 1 saturated heterocycles. The van der Waals surface area contributed by atoms with E-state index >= 15 is 0 Å². The molecule has 0 aliphatic carbocycles. The van der Waals surface area contributed by atoms with Gasteiger partial charge in [-0.1, -0.05) is 22.0 Å². The lowest BCUT2D eigenvalue weighted by atomic mass is 9.90. The van der Waals surface area contributed by atoms with Crippen molar-refractivity contribution in [2.24, 2.45) is 11.7 Å². The lowest BCUT2D eigenvalue weighted by Crippen LogP contribution is -2.42. The normalized spacial score (nSPS) is 17.5. The number of hydrogen-bond donors (Lipinski definition) is 1. The zero-order chi connectivity index (χ0) is 16.6. The Morgan fingerprint density at radius 2 is 2.04 bits per heavy atom. The number of halogens is 1. The topological polar surface area (TPSA) is 59.2 Å². The molecule has 0 saturated carbocycles. The number of pyridine rings is 1. The third-order valence-corrected chi connectivity index (χ3v) is 5.19. The molecule has 122 valence electrons. The molecule has 1 amide bonds. The minimum absolute atomic E-state index is 0.103. The lowest BCUT2D eigenvalue weighted by Gasteiger charge is -2.34. The van der Waals surface area contributed by atoms with Crippen LogP contribution < -0.4 is 5.73 Å². The largest absolute Gasteiger partial charge is 0.339 e. The Kier molecular flexibility index (Phi) is 4.69. The number of amides is 1. The van der Waals surface area contributed by atoms with Gasteiger partial charge < -0.3 is 10.6 Å². The standard InChI is InChI=1S/C18H22BrN3O/c1-11-9-16(15-4-3-14(19)10-17(15)21-11)18(23)22-7-5-13(6-8-22)12(2)20/h3-4,9-10,12-13H,5-8,20H2,1-2H3. The van der Waals surface area contributed by atoms with Gasteiger partial charge in [-0.2, -0.15) is 0 Å². The Balaban J connectivity index is 1.90. The third kappa shape index (κ3) is 3.40. The van der Waals surface area contributed by atoms with Crippen LogP contribution in [0.2, 0.25) is 0 Å². The van der Waals surface area contributed by atoms with E-state index in [-0.39, 0.29) is 11.9 Å². The lowest BCUT2D eigenvalue weighted by molar-refractivity contribution is 0.0683. The second-order valence-electron chi connectivity index (χ2n) is 6.46. The van der Waals surface area contributed by atoms with E-state index < -0.39 is 0 Å². The fraction of sp³-hybridized carbons (Fsp3) is 0.444. The SMILES string of the molecule is Cc1cc(C(=O)N2CCC(C(C)N)CC2)c2ccc(Br)cc2n1. The number of fused-ring (bicyclic) bond motifs is 1. The van der Waals surface area contributed by atoms with E-state index in [4.69, 9.17) is 5.73 Å². The molecular formula is C18H22BrN3O. The zero-order valence-electron chi connectivity index (χ0n) is 13.6. The van der Waals surface area contributed by atoms with Gasteiger partial charge in [-0.05, 0) is 50.8 Å². The van der Waals surface area contributed by atoms with E-state index in [0.29, 0.717) is 5.92 Å². The molecule has 5 heteroatoms. The number of hydrogen-bond acceptors (Lipinski definition) is 3. The van der Waals surface area contributed by atoms with Gasteiger partial charge in [0.1, 0.15) is 0 Å². The summed E-state index contributed by atoms with van der Waals surface area (Å²) in [7, 11) is 0. The number of aryl methyl sites for hydroxylation is 1. The number of rotatable bonds is 2. The van der Waals surface area contributed by atoms with Crippen LogP contribution in [0.1, 0.15) is 35.8 Å². The van der Waals surface area contributed by atoms with Crippen LogP contribution in [0.3, 0.4) is 0 Å². The van der Waals surface area contributed by atoms with Gasteiger partial charge in [-0.25, -0.2) is 0 Å². The molecule has 3 rings (SSSR count). The molecule has 1 aliphatic heterocycles. The number of nitrogens with zero attached hydrogens (tertiary/aromatic N) is 2. The smallest absolute Gasteiger partial charge is 0.254 e. The second-order valence-corrected chi connectivity index (χ2v) is 7.38. The summed E-state index contributed by atoms with van der Waals surface area (Å²) >= 11 is 3.47. The molecule has 4 nitrogen and oxygen atoms in total. The third-order valence-electron chi connectivity index (χ3n) is 4.70. The molecule has 0 bridgehead atoms. The summed E-state index contributed by atoms with van der Waals surface area (Å²) in [4.78, 5) is 19.5. The van der Waals surface area contributed by atoms with E-state index in [0.717, 1.165) is 52.6 Å². The van der Waals surface area contributed by atoms with E-state index in [1.807, 2.05) is 36.1 Å². The molecule has 0 radical (unpaired) electrons. The van der Waals surface area contributed by atoms with Crippen molar-refractivity contribution in [2.45, 2.75) is 32.7 Å². The molecule has 2 heterocycles. The van der Waals surface area contributed by atoms with Crippen molar-refractivity contribution in [2.75, 3.05) is 13.1 Å². The Labute approximate surface area is 145 Å². The summed E-state index contributed by atoms with van der Waals surface area (Å²) in [6.45, 7) is 5.55. The van der Waals surface area contributed by atoms with Gasteiger partial charge in [0.25, 0.3) is 5.91 Å². The number of piperidine rings is 1. The maximum absolute atomic E-state index is 13.0. The molecule has 0 spiro atoms. The predicted molar refractivity (Wildman–Crippen MR) is 96.5 cm³/mol. The van der Waals surface area contributed by atoms with Gasteiger partial charge in [0, 0.05) is 34.7 Å². The van der Waals surface area contributed by atoms with Crippen LogP contribution in [0, 0.1) is 12.8 Å². The minimum atomic E-state index is 0.103. The predicted octanol–water partition coefficient (Wildman–Crippen LogP) is 3.51. The number of carbonyl (C=O) groups excluding carboxylic acids is 1. The van der Waals surface area contributed by atoms with Crippen molar-refractivity contribution in [1.29, 1.82) is 0 Å². The van der Waals surface area contributed by atoms with Gasteiger partial charge in [-0.3, -0.25) is 9.78 Å².